The summed E-state index contributed by atoms with van der Waals surface area (Å²) in [6, 6.07) is -0.538. The monoisotopic (exact) mass is 1130 g/mol. The smallest absolute Gasteiger partial charge is 0.305 e. The number of amides is 1. The molecule has 0 aliphatic heterocycles. The van der Waals surface area contributed by atoms with E-state index in [1.54, 1.807) is 0 Å². The maximum absolute atomic E-state index is 12.5. The van der Waals surface area contributed by atoms with Crippen molar-refractivity contribution < 1.29 is 24.5 Å². The van der Waals surface area contributed by atoms with Gasteiger partial charge in [-0.15, -0.1) is 0 Å². The molecule has 0 radical (unpaired) electrons. The van der Waals surface area contributed by atoms with Crippen LogP contribution in [0, 0.1) is 0 Å². The molecule has 0 spiro atoms. The number of aliphatic hydroxyl groups excluding tert-OH is 2. The zero-order chi connectivity index (χ0) is 57.8. The largest absolute Gasteiger partial charge is 0.466 e. The molecule has 6 heteroatoms. The van der Waals surface area contributed by atoms with Gasteiger partial charge in [0.1, 0.15) is 0 Å². The molecule has 1 amide bonds. The van der Waals surface area contributed by atoms with Gasteiger partial charge >= 0.3 is 5.97 Å². The third kappa shape index (κ3) is 65.7. The number of aliphatic hydroxyl groups is 2. The fourth-order valence-electron chi connectivity index (χ4n) is 11.9. The van der Waals surface area contributed by atoms with Crippen LogP contribution in [0.15, 0.2) is 12.2 Å². The Kier molecular flexibility index (Phi) is 68.9. The molecule has 80 heavy (non-hydrogen) atoms. The van der Waals surface area contributed by atoms with E-state index in [1.165, 1.54) is 353 Å². The molecule has 0 aromatic rings. The highest BCUT2D eigenvalue weighted by molar-refractivity contribution is 5.76. The Balaban J connectivity index is 3.33. The molecule has 2 atom stereocenters. The third-order valence-corrected chi connectivity index (χ3v) is 17.6. The number of ether oxygens (including phenoxy) is 1. The first-order chi connectivity index (χ1) is 39.5. The summed E-state index contributed by atoms with van der Waals surface area (Å²) in [6.07, 6.45) is 87.1. The van der Waals surface area contributed by atoms with Crippen molar-refractivity contribution in [2.75, 3.05) is 13.2 Å². The van der Waals surface area contributed by atoms with Crippen LogP contribution in [0.2, 0.25) is 0 Å². The van der Waals surface area contributed by atoms with Crippen molar-refractivity contribution in [3.8, 4) is 0 Å². The van der Waals surface area contributed by atoms with Crippen LogP contribution in [-0.2, 0) is 14.3 Å². The molecular formula is C74H145NO5. The van der Waals surface area contributed by atoms with Crippen LogP contribution in [-0.4, -0.2) is 47.4 Å². The SMILES string of the molecule is CCCCCCCCCCCCCCCCCCC(O)C(CO)NC(=O)CCCCCCCCCCCCCCCCCCC/C=C\CCCCCCCCCCCCCCCCOC(=O)CCCCCCCCCCCCCC. The molecule has 0 aromatic carbocycles. The van der Waals surface area contributed by atoms with Gasteiger partial charge in [0, 0.05) is 12.8 Å². The lowest BCUT2D eigenvalue weighted by Crippen LogP contribution is -2.45. The van der Waals surface area contributed by atoms with Gasteiger partial charge < -0.3 is 20.3 Å². The summed E-state index contributed by atoms with van der Waals surface area (Å²) in [5.41, 5.74) is 0. The highest BCUT2D eigenvalue weighted by Gasteiger charge is 2.20. The second-order valence-corrected chi connectivity index (χ2v) is 25.6. The molecule has 0 heterocycles. The fraction of sp³-hybridized carbons (Fsp3) is 0.946. The Morgan fingerprint density at radius 1 is 0.338 bits per heavy atom. The molecule has 0 aliphatic rings. The van der Waals surface area contributed by atoms with Crippen molar-refractivity contribution >= 4 is 11.9 Å². The Morgan fingerprint density at radius 3 is 0.887 bits per heavy atom. The van der Waals surface area contributed by atoms with Gasteiger partial charge in [0.15, 0.2) is 0 Å². The van der Waals surface area contributed by atoms with E-state index in [9.17, 15) is 19.8 Å². The third-order valence-electron chi connectivity index (χ3n) is 17.6. The minimum Gasteiger partial charge on any atom is -0.466 e. The van der Waals surface area contributed by atoms with Crippen LogP contribution in [0.1, 0.15) is 425 Å². The molecule has 0 aromatic heterocycles. The minimum atomic E-state index is -0.661. The first-order valence-corrected chi connectivity index (χ1v) is 36.9. The van der Waals surface area contributed by atoms with Gasteiger partial charge in [0.25, 0.3) is 0 Å². The van der Waals surface area contributed by atoms with Crippen LogP contribution in [0.25, 0.3) is 0 Å². The van der Waals surface area contributed by atoms with Gasteiger partial charge in [-0.3, -0.25) is 9.59 Å². The van der Waals surface area contributed by atoms with Crippen LogP contribution in [0.4, 0.5) is 0 Å². The summed E-state index contributed by atoms with van der Waals surface area (Å²) in [7, 11) is 0. The minimum absolute atomic E-state index is 0.0218. The second kappa shape index (κ2) is 70.1. The van der Waals surface area contributed by atoms with Crippen molar-refractivity contribution in [1.82, 2.24) is 5.32 Å². The lowest BCUT2D eigenvalue weighted by molar-refractivity contribution is -0.143. The molecule has 476 valence electrons. The van der Waals surface area contributed by atoms with Gasteiger partial charge in [-0.2, -0.15) is 0 Å². The van der Waals surface area contributed by atoms with Crippen LogP contribution < -0.4 is 5.32 Å². The maximum Gasteiger partial charge on any atom is 0.305 e. The zero-order valence-electron chi connectivity index (χ0n) is 54.6. The molecule has 0 saturated heterocycles. The number of esters is 1. The lowest BCUT2D eigenvalue weighted by atomic mass is 10.0. The Hall–Kier alpha value is -1.40. The van der Waals surface area contributed by atoms with E-state index >= 15 is 0 Å². The molecule has 2 unspecified atom stereocenters. The van der Waals surface area contributed by atoms with E-state index in [4.69, 9.17) is 4.74 Å². The first-order valence-electron chi connectivity index (χ1n) is 36.9. The Bertz CT molecular complexity index is 1210. The molecule has 3 N–H and O–H groups in total. The van der Waals surface area contributed by atoms with E-state index in [0.29, 0.717) is 25.9 Å². The fourth-order valence-corrected chi connectivity index (χ4v) is 11.9. The first kappa shape index (κ1) is 78.6. The topological polar surface area (TPSA) is 95.9 Å². The van der Waals surface area contributed by atoms with Crippen LogP contribution >= 0.6 is 0 Å². The van der Waals surface area contributed by atoms with Crippen LogP contribution in [0.3, 0.4) is 0 Å². The molecule has 0 bridgehead atoms. The van der Waals surface area contributed by atoms with Crippen molar-refractivity contribution in [2.45, 2.75) is 437 Å². The highest BCUT2D eigenvalue weighted by Crippen LogP contribution is 2.19. The lowest BCUT2D eigenvalue weighted by Gasteiger charge is -2.22. The molecule has 6 nitrogen and oxygen atoms in total. The van der Waals surface area contributed by atoms with E-state index in [2.05, 4.69) is 31.3 Å². The normalized spacial score (nSPS) is 12.5. The quantitative estimate of drug-likeness (QED) is 0.0320. The van der Waals surface area contributed by atoms with Gasteiger partial charge in [-0.25, -0.2) is 0 Å². The number of rotatable bonds is 70. The zero-order valence-corrected chi connectivity index (χ0v) is 54.6. The summed E-state index contributed by atoms with van der Waals surface area (Å²) < 4.78 is 5.49. The van der Waals surface area contributed by atoms with E-state index in [-0.39, 0.29) is 18.5 Å². The number of allylic oxidation sites excluding steroid dienone is 2. The number of carbonyl (C=O) groups is 2. The maximum atomic E-state index is 12.5. The van der Waals surface area contributed by atoms with Gasteiger partial charge in [-0.05, 0) is 51.4 Å². The van der Waals surface area contributed by atoms with Gasteiger partial charge in [0.2, 0.25) is 5.91 Å². The summed E-state index contributed by atoms with van der Waals surface area (Å²) in [6.45, 7) is 5.00. The van der Waals surface area contributed by atoms with E-state index < -0.39 is 12.1 Å². The standard InChI is InChI=1S/C74H145NO5/c1-3-5-7-9-11-13-15-17-18-40-43-46-50-54-58-62-66-72(77)71(70-76)75-73(78)67-63-59-55-51-47-44-41-38-36-34-32-30-28-26-24-22-20-19-21-23-25-27-29-31-33-35-37-39-42-45-49-53-57-61-65-69-80-74(79)68-64-60-56-52-48-16-14-12-10-8-6-4-2/h21,23,71-72,76-77H,3-20,22,24-70H2,1-2H3,(H,75,78)/b23-21-. The van der Waals surface area contributed by atoms with Gasteiger partial charge in [-0.1, -0.05) is 373 Å². The predicted octanol–water partition coefficient (Wildman–Crippen LogP) is 23.9. The van der Waals surface area contributed by atoms with E-state index in [0.717, 1.165) is 38.5 Å². The average Bonchev–Trinajstić information content (AvgIpc) is 3.46. The number of unbranched alkanes of at least 4 members (excludes halogenated alkanes) is 57. The highest BCUT2D eigenvalue weighted by atomic mass is 16.5. The van der Waals surface area contributed by atoms with Crippen molar-refractivity contribution in [3.63, 3.8) is 0 Å². The Labute approximate surface area is 501 Å². The molecule has 0 fully saturated rings. The van der Waals surface area contributed by atoms with E-state index in [1.807, 2.05) is 0 Å². The average molecular weight is 1130 g/mol. The van der Waals surface area contributed by atoms with Crippen LogP contribution in [0.5, 0.6) is 0 Å². The van der Waals surface area contributed by atoms with Crippen molar-refractivity contribution in [1.29, 1.82) is 0 Å². The predicted molar refractivity (Wildman–Crippen MR) is 352 cm³/mol. The number of hydrogen-bond acceptors (Lipinski definition) is 5. The number of nitrogens with one attached hydrogen (secondary N) is 1. The van der Waals surface area contributed by atoms with Crippen molar-refractivity contribution in [2.24, 2.45) is 0 Å². The second-order valence-electron chi connectivity index (χ2n) is 25.6. The molecule has 0 aliphatic carbocycles. The molecule has 0 rings (SSSR count). The molecule has 0 saturated carbocycles. The number of carbonyl (C=O) groups excluding carboxylic acids is 2. The molecular weight excluding hydrogens is 983 g/mol. The summed E-state index contributed by atoms with van der Waals surface area (Å²) in [5.74, 6) is -0.00564. The summed E-state index contributed by atoms with van der Waals surface area (Å²) in [4.78, 5) is 24.6. The summed E-state index contributed by atoms with van der Waals surface area (Å²) >= 11 is 0. The summed E-state index contributed by atoms with van der Waals surface area (Å²) in [5, 5.41) is 23.4. The Morgan fingerprint density at radius 2 is 0.588 bits per heavy atom. The number of hydrogen-bond donors (Lipinski definition) is 3. The van der Waals surface area contributed by atoms with Crippen molar-refractivity contribution in [3.05, 3.63) is 12.2 Å². The van der Waals surface area contributed by atoms with Gasteiger partial charge in [0.05, 0.1) is 25.4 Å².